The van der Waals surface area contributed by atoms with Crippen LogP contribution >= 0.6 is 0 Å². The summed E-state index contributed by atoms with van der Waals surface area (Å²) < 4.78 is 5.10. The summed E-state index contributed by atoms with van der Waals surface area (Å²) in [5.74, 6) is 0.457. The van der Waals surface area contributed by atoms with E-state index in [4.69, 9.17) is 4.42 Å². The number of hydrogen-bond acceptors (Lipinski definition) is 2. The Morgan fingerprint density at radius 3 is 2.76 bits per heavy atom. The van der Waals surface area contributed by atoms with Crippen LogP contribution in [0, 0.1) is 17.8 Å². The van der Waals surface area contributed by atoms with Crippen LogP contribution in [0.3, 0.4) is 0 Å². The Morgan fingerprint density at radius 1 is 1.47 bits per heavy atom. The minimum atomic E-state index is -0.668. The van der Waals surface area contributed by atoms with Gasteiger partial charge in [0.05, 0.1) is 18.4 Å². The molecule has 1 aliphatic carbocycles. The summed E-state index contributed by atoms with van der Waals surface area (Å²) in [6.07, 6.45) is 6.11. The van der Waals surface area contributed by atoms with Gasteiger partial charge in [-0.3, -0.25) is 4.79 Å². The second-order valence-electron chi connectivity index (χ2n) is 5.43. The molecule has 17 heavy (non-hydrogen) atoms. The predicted octanol–water partition coefficient (Wildman–Crippen LogP) is 3.52. The molecule has 1 heterocycles. The standard InChI is InChI=1S/C14H20O3/c1-9(2)10-3-4-12(14(15)16)13(7-10)11-5-6-17-8-11/h5-6,8-10,12-13H,3-4,7H2,1-2H3,(H,15,16). The topological polar surface area (TPSA) is 50.4 Å². The Hall–Kier alpha value is -1.25. The van der Waals surface area contributed by atoms with E-state index in [2.05, 4.69) is 13.8 Å². The first-order chi connectivity index (χ1) is 8.09. The largest absolute Gasteiger partial charge is 0.481 e. The van der Waals surface area contributed by atoms with Crippen LogP contribution in [0.5, 0.6) is 0 Å². The van der Waals surface area contributed by atoms with Crippen molar-refractivity contribution in [3.63, 3.8) is 0 Å². The van der Waals surface area contributed by atoms with Crippen LogP contribution in [0.2, 0.25) is 0 Å². The van der Waals surface area contributed by atoms with Crippen molar-refractivity contribution >= 4 is 5.97 Å². The van der Waals surface area contributed by atoms with Crippen molar-refractivity contribution < 1.29 is 14.3 Å². The number of rotatable bonds is 3. The zero-order chi connectivity index (χ0) is 12.4. The average Bonchev–Trinajstić information content (AvgIpc) is 2.81. The first-order valence-corrected chi connectivity index (χ1v) is 6.34. The zero-order valence-corrected chi connectivity index (χ0v) is 10.4. The summed E-state index contributed by atoms with van der Waals surface area (Å²) in [5, 5.41) is 9.30. The van der Waals surface area contributed by atoms with Crippen molar-refractivity contribution in [1.29, 1.82) is 0 Å². The predicted molar refractivity (Wildman–Crippen MR) is 64.8 cm³/mol. The molecule has 1 aliphatic rings. The third-order valence-corrected chi connectivity index (χ3v) is 4.12. The van der Waals surface area contributed by atoms with Gasteiger partial charge in [-0.2, -0.15) is 0 Å². The maximum absolute atomic E-state index is 11.3. The third kappa shape index (κ3) is 2.54. The van der Waals surface area contributed by atoms with Gasteiger partial charge in [0.1, 0.15) is 0 Å². The average molecular weight is 236 g/mol. The Bertz CT molecular complexity index is 367. The van der Waals surface area contributed by atoms with E-state index in [9.17, 15) is 9.90 Å². The van der Waals surface area contributed by atoms with Gasteiger partial charge in [0.15, 0.2) is 0 Å². The first-order valence-electron chi connectivity index (χ1n) is 6.34. The maximum Gasteiger partial charge on any atom is 0.307 e. The Labute approximate surface area is 102 Å². The number of carboxylic acids is 1. The number of aliphatic carboxylic acids is 1. The Kier molecular flexibility index (Phi) is 3.55. The summed E-state index contributed by atoms with van der Waals surface area (Å²) in [7, 11) is 0. The van der Waals surface area contributed by atoms with Gasteiger partial charge in [-0.15, -0.1) is 0 Å². The number of carbonyl (C=O) groups is 1. The molecule has 2 rings (SSSR count). The van der Waals surface area contributed by atoms with Gasteiger partial charge >= 0.3 is 5.97 Å². The van der Waals surface area contributed by atoms with Crippen molar-refractivity contribution in [2.75, 3.05) is 0 Å². The number of carboxylic acid groups (broad SMARTS) is 1. The molecule has 0 bridgehead atoms. The molecule has 1 N–H and O–H groups in total. The fraction of sp³-hybridized carbons (Fsp3) is 0.643. The third-order valence-electron chi connectivity index (χ3n) is 4.12. The smallest absolute Gasteiger partial charge is 0.307 e. The van der Waals surface area contributed by atoms with Crippen LogP contribution in [0.25, 0.3) is 0 Å². The fourth-order valence-corrected chi connectivity index (χ4v) is 2.96. The maximum atomic E-state index is 11.3. The van der Waals surface area contributed by atoms with Crippen molar-refractivity contribution in [3.05, 3.63) is 24.2 Å². The van der Waals surface area contributed by atoms with Gasteiger partial charge in [0, 0.05) is 5.92 Å². The van der Waals surface area contributed by atoms with E-state index in [1.807, 2.05) is 6.07 Å². The molecule has 3 heteroatoms. The fourth-order valence-electron chi connectivity index (χ4n) is 2.96. The molecule has 1 fully saturated rings. The van der Waals surface area contributed by atoms with E-state index in [0.717, 1.165) is 24.8 Å². The van der Waals surface area contributed by atoms with Gasteiger partial charge in [0.25, 0.3) is 0 Å². The quantitative estimate of drug-likeness (QED) is 0.873. The van der Waals surface area contributed by atoms with E-state index in [0.29, 0.717) is 11.8 Å². The van der Waals surface area contributed by atoms with Gasteiger partial charge in [-0.25, -0.2) is 0 Å². The second-order valence-corrected chi connectivity index (χ2v) is 5.43. The van der Waals surface area contributed by atoms with E-state index in [1.165, 1.54) is 0 Å². The second kappa shape index (κ2) is 4.94. The minimum absolute atomic E-state index is 0.118. The molecule has 0 aliphatic heterocycles. The van der Waals surface area contributed by atoms with E-state index in [1.54, 1.807) is 12.5 Å². The van der Waals surface area contributed by atoms with Crippen molar-refractivity contribution in [2.45, 2.75) is 39.0 Å². The lowest BCUT2D eigenvalue weighted by Gasteiger charge is -2.35. The van der Waals surface area contributed by atoms with Crippen LogP contribution in [-0.4, -0.2) is 11.1 Å². The molecular formula is C14H20O3. The molecule has 3 atom stereocenters. The van der Waals surface area contributed by atoms with Crippen molar-refractivity contribution in [1.82, 2.24) is 0 Å². The summed E-state index contributed by atoms with van der Waals surface area (Å²) in [4.78, 5) is 11.3. The van der Waals surface area contributed by atoms with Crippen molar-refractivity contribution in [3.8, 4) is 0 Å². The molecule has 1 aromatic heterocycles. The van der Waals surface area contributed by atoms with Crippen LogP contribution in [0.4, 0.5) is 0 Å². The van der Waals surface area contributed by atoms with Crippen LogP contribution in [0.15, 0.2) is 23.0 Å². The lowest BCUT2D eigenvalue weighted by atomic mass is 9.69. The van der Waals surface area contributed by atoms with E-state index < -0.39 is 5.97 Å². The highest BCUT2D eigenvalue weighted by Crippen LogP contribution is 2.43. The molecule has 0 aromatic carbocycles. The highest BCUT2D eigenvalue weighted by Gasteiger charge is 2.37. The van der Waals surface area contributed by atoms with E-state index in [-0.39, 0.29) is 11.8 Å². The highest BCUT2D eigenvalue weighted by atomic mass is 16.4. The van der Waals surface area contributed by atoms with Gasteiger partial charge in [-0.1, -0.05) is 13.8 Å². The molecular weight excluding hydrogens is 216 g/mol. The minimum Gasteiger partial charge on any atom is -0.481 e. The molecule has 0 spiro atoms. The molecule has 0 saturated heterocycles. The molecule has 3 unspecified atom stereocenters. The Morgan fingerprint density at radius 2 is 2.24 bits per heavy atom. The van der Waals surface area contributed by atoms with Crippen LogP contribution in [-0.2, 0) is 4.79 Å². The van der Waals surface area contributed by atoms with Crippen LogP contribution < -0.4 is 0 Å². The summed E-state index contributed by atoms with van der Waals surface area (Å²) >= 11 is 0. The number of hydrogen-bond donors (Lipinski definition) is 1. The molecule has 1 saturated carbocycles. The lowest BCUT2D eigenvalue weighted by Crippen LogP contribution is -2.30. The molecule has 0 radical (unpaired) electrons. The van der Waals surface area contributed by atoms with Gasteiger partial charge in [0.2, 0.25) is 0 Å². The molecule has 3 nitrogen and oxygen atoms in total. The highest BCUT2D eigenvalue weighted by molar-refractivity contribution is 5.71. The zero-order valence-electron chi connectivity index (χ0n) is 10.4. The number of furan rings is 1. The first kappa shape index (κ1) is 12.2. The molecule has 1 aromatic rings. The van der Waals surface area contributed by atoms with Crippen molar-refractivity contribution in [2.24, 2.45) is 17.8 Å². The van der Waals surface area contributed by atoms with Gasteiger partial charge in [-0.05, 0) is 42.7 Å². The van der Waals surface area contributed by atoms with Crippen LogP contribution in [0.1, 0.15) is 44.6 Å². The monoisotopic (exact) mass is 236 g/mol. The molecule has 94 valence electrons. The SMILES string of the molecule is CC(C)C1CCC(C(=O)O)C(c2ccoc2)C1. The summed E-state index contributed by atoms with van der Waals surface area (Å²) in [6, 6.07) is 1.91. The van der Waals surface area contributed by atoms with Gasteiger partial charge < -0.3 is 9.52 Å². The lowest BCUT2D eigenvalue weighted by molar-refractivity contribution is -0.144. The summed E-state index contributed by atoms with van der Waals surface area (Å²) in [5.41, 5.74) is 1.04. The normalized spacial score (nSPS) is 29.5. The molecule has 0 amide bonds. The Balaban J connectivity index is 2.19. The summed E-state index contributed by atoms with van der Waals surface area (Å²) in [6.45, 7) is 4.44. The van der Waals surface area contributed by atoms with E-state index >= 15 is 0 Å².